The standard InChI is InChI=1S/C14H17N3O2/c1-10-3-4-11(8-15)13(7-10)17-6-5-12(9-17)16-14(18)19-2/h3-4,7,12H,5-6,9H2,1-2H3,(H,16,18). The van der Waals surface area contributed by atoms with Crippen LogP contribution in [-0.2, 0) is 4.74 Å². The zero-order valence-electron chi connectivity index (χ0n) is 11.1. The number of carbonyl (C=O) groups excluding carboxylic acids is 1. The Balaban J connectivity index is 2.11. The van der Waals surface area contributed by atoms with Crippen molar-refractivity contribution in [3.05, 3.63) is 29.3 Å². The molecule has 0 radical (unpaired) electrons. The van der Waals surface area contributed by atoms with Crippen molar-refractivity contribution >= 4 is 11.8 Å². The first-order valence-electron chi connectivity index (χ1n) is 6.24. The molecule has 1 amide bonds. The lowest BCUT2D eigenvalue weighted by Gasteiger charge is -2.20. The van der Waals surface area contributed by atoms with Gasteiger partial charge in [-0.05, 0) is 31.0 Å². The van der Waals surface area contributed by atoms with Crippen molar-refractivity contribution in [2.24, 2.45) is 0 Å². The topological polar surface area (TPSA) is 65.4 Å². The van der Waals surface area contributed by atoms with E-state index >= 15 is 0 Å². The van der Waals surface area contributed by atoms with Crippen LogP contribution >= 0.6 is 0 Å². The number of alkyl carbamates (subject to hydrolysis) is 1. The van der Waals surface area contributed by atoms with E-state index in [4.69, 9.17) is 5.26 Å². The van der Waals surface area contributed by atoms with Gasteiger partial charge in [-0.2, -0.15) is 5.26 Å². The van der Waals surface area contributed by atoms with Crippen LogP contribution in [0.1, 0.15) is 17.5 Å². The average molecular weight is 259 g/mol. The van der Waals surface area contributed by atoms with E-state index in [0.717, 1.165) is 24.2 Å². The fourth-order valence-corrected chi connectivity index (χ4v) is 2.32. The summed E-state index contributed by atoms with van der Waals surface area (Å²) in [4.78, 5) is 13.3. The number of amides is 1. The molecule has 1 aliphatic heterocycles. The van der Waals surface area contributed by atoms with Gasteiger partial charge in [0.1, 0.15) is 6.07 Å². The van der Waals surface area contributed by atoms with Crippen molar-refractivity contribution < 1.29 is 9.53 Å². The number of anilines is 1. The van der Waals surface area contributed by atoms with Gasteiger partial charge < -0.3 is 15.0 Å². The molecule has 1 fully saturated rings. The summed E-state index contributed by atoms with van der Waals surface area (Å²) in [6.45, 7) is 3.53. The highest BCUT2D eigenvalue weighted by Gasteiger charge is 2.25. The predicted molar refractivity (Wildman–Crippen MR) is 72.1 cm³/mol. The number of methoxy groups -OCH3 is 1. The number of ether oxygens (including phenoxy) is 1. The van der Waals surface area contributed by atoms with Gasteiger partial charge in [0.05, 0.1) is 24.4 Å². The Morgan fingerprint density at radius 1 is 1.58 bits per heavy atom. The Labute approximate surface area is 112 Å². The summed E-state index contributed by atoms with van der Waals surface area (Å²) in [5, 5.41) is 11.9. The number of nitrogens with zero attached hydrogens (tertiary/aromatic N) is 2. The molecule has 0 spiro atoms. The highest BCUT2D eigenvalue weighted by molar-refractivity contribution is 5.68. The highest BCUT2D eigenvalue weighted by Crippen LogP contribution is 2.25. The molecule has 0 bridgehead atoms. The molecule has 1 saturated heterocycles. The SMILES string of the molecule is COC(=O)NC1CCN(c2cc(C)ccc2C#N)C1. The maximum Gasteiger partial charge on any atom is 0.407 e. The largest absolute Gasteiger partial charge is 0.453 e. The Morgan fingerprint density at radius 3 is 3.05 bits per heavy atom. The Morgan fingerprint density at radius 2 is 2.37 bits per heavy atom. The normalized spacial score (nSPS) is 17.9. The van der Waals surface area contributed by atoms with Crippen LogP contribution in [0.3, 0.4) is 0 Å². The lowest BCUT2D eigenvalue weighted by molar-refractivity contribution is 0.167. The van der Waals surface area contributed by atoms with Crippen molar-refractivity contribution in [1.82, 2.24) is 5.32 Å². The van der Waals surface area contributed by atoms with Crippen LogP contribution in [-0.4, -0.2) is 32.3 Å². The van der Waals surface area contributed by atoms with E-state index < -0.39 is 6.09 Å². The van der Waals surface area contributed by atoms with E-state index in [1.54, 1.807) is 0 Å². The summed E-state index contributed by atoms with van der Waals surface area (Å²) < 4.78 is 4.60. The van der Waals surface area contributed by atoms with Crippen LogP contribution in [0.4, 0.5) is 10.5 Å². The number of aryl methyl sites for hydroxylation is 1. The molecule has 1 aromatic rings. The lowest BCUT2D eigenvalue weighted by Crippen LogP contribution is -2.37. The van der Waals surface area contributed by atoms with E-state index in [1.165, 1.54) is 7.11 Å². The molecular weight excluding hydrogens is 242 g/mol. The van der Waals surface area contributed by atoms with E-state index in [9.17, 15) is 4.79 Å². The highest BCUT2D eigenvalue weighted by atomic mass is 16.5. The Bertz CT molecular complexity index is 522. The van der Waals surface area contributed by atoms with Gasteiger partial charge in [-0.3, -0.25) is 0 Å². The van der Waals surface area contributed by atoms with E-state index in [1.807, 2.05) is 25.1 Å². The zero-order chi connectivity index (χ0) is 13.8. The predicted octanol–water partition coefficient (Wildman–Crippen LogP) is 1.80. The van der Waals surface area contributed by atoms with Crippen LogP contribution in [0, 0.1) is 18.3 Å². The van der Waals surface area contributed by atoms with Gasteiger partial charge >= 0.3 is 6.09 Å². The number of carbonyl (C=O) groups is 1. The molecule has 0 aromatic heterocycles. The molecule has 19 heavy (non-hydrogen) atoms. The number of nitriles is 1. The smallest absolute Gasteiger partial charge is 0.407 e. The first-order valence-corrected chi connectivity index (χ1v) is 6.24. The third-order valence-corrected chi connectivity index (χ3v) is 3.31. The van der Waals surface area contributed by atoms with Crippen molar-refractivity contribution in [3.63, 3.8) is 0 Å². The fourth-order valence-electron chi connectivity index (χ4n) is 2.32. The summed E-state index contributed by atoms with van der Waals surface area (Å²) in [5.41, 5.74) is 2.74. The van der Waals surface area contributed by atoms with Crippen molar-refractivity contribution in [1.29, 1.82) is 5.26 Å². The van der Waals surface area contributed by atoms with Crippen LogP contribution in [0.5, 0.6) is 0 Å². The first-order chi connectivity index (χ1) is 9.13. The molecule has 5 nitrogen and oxygen atoms in total. The van der Waals surface area contributed by atoms with Gasteiger partial charge in [-0.15, -0.1) is 0 Å². The second kappa shape index (κ2) is 5.61. The third kappa shape index (κ3) is 2.97. The van der Waals surface area contributed by atoms with Gasteiger partial charge in [0.25, 0.3) is 0 Å². The Hall–Kier alpha value is -2.22. The molecule has 5 heteroatoms. The minimum absolute atomic E-state index is 0.0690. The molecule has 1 atom stereocenters. The molecule has 0 saturated carbocycles. The summed E-state index contributed by atoms with van der Waals surface area (Å²) in [7, 11) is 1.36. The molecule has 1 aromatic carbocycles. The van der Waals surface area contributed by atoms with Gasteiger partial charge in [0.15, 0.2) is 0 Å². The Kier molecular flexibility index (Phi) is 3.91. The molecule has 2 rings (SSSR count). The summed E-state index contributed by atoms with van der Waals surface area (Å²) in [6, 6.07) is 8.07. The number of benzene rings is 1. The molecule has 1 N–H and O–H groups in total. The minimum Gasteiger partial charge on any atom is -0.453 e. The summed E-state index contributed by atoms with van der Waals surface area (Å²) >= 11 is 0. The monoisotopic (exact) mass is 259 g/mol. The van der Waals surface area contributed by atoms with Gasteiger partial charge in [-0.25, -0.2) is 4.79 Å². The van der Waals surface area contributed by atoms with Crippen LogP contribution in [0.2, 0.25) is 0 Å². The van der Waals surface area contributed by atoms with Gasteiger partial charge in [0, 0.05) is 13.1 Å². The van der Waals surface area contributed by atoms with E-state index in [-0.39, 0.29) is 6.04 Å². The summed E-state index contributed by atoms with van der Waals surface area (Å²) in [5.74, 6) is 0. The average Bonchev–Trinajstić information content (AvgIpc) is 2.86. The van der Waals surface area contributed by atoms with E-state index in [0.29, 0.717) is 12.1 Å². The fraction of sp³-hybridized carbons (Fsp3) is 0.429. The molecule has 1 aliphatic rings. The second-order valence-electron chi connectivity index (χ2n) is 4.70. The maximum atomic E-state index is 11.2. The molecule has 0 aliphatic carbocycles. The molecule has 1 unspecified atom stereocenters. The minimum atomic E-state index is -0.406. The van der Waals surface area contributed by atoms with Crippen molar-refractivity contribution in [2.45, 2.75) is 19.4 Å². The van der Waals surface area contributed by atoms with E-state index in [2.05, 4.69) is 21.0 Å². The molecular formula is C14H17N3O2. The molecule has 1 heterocycles. The van der Waals surface area contributed by atoms with Crippen LogP contribution in [0.25, 0.3) is 0 Å². The lowest BCUT2D eigenvalue weighted by atomic mass is 10.1. The van der Waals surface area contributed by atoms with Gasteiger partial charge in [-0.1, -0.05) is 6.07 Å². The second-order valence-corrected chi connectivity index (χ2v) is 4.70. The van der Waals surface area contributed by atoms with Crippen LogP contribution in [0.15, 0.2) is 18.2 Å². The van der Waals surface area contributed by atoms with Crippen molar-refractivity contribution in [2.75, 3.05) is 25.1 Å². The number of hydrogen-bond donors (Lipinski definition) is 1. The van der Waals surface area contributed by atoms with Crippen LogP contribution < -0.4 is 10.2 Å². The quantitative estimate of drug-likeness (QED) is 0.879. The molecule has 100 valence electrons. The van der Waals surface area contributed by atoms with Crippen molar-refractivity contribution in [3.8, 4) is 6.07 Å². The maximum absolute atomic E-state index is 11.2. The summed E-state index contributed by atoms with van der Waals surface area (Å²) in [6.07, 6.45) is 0.449. The number of hydrogen-bond acceptors (Lipinski definition) is 4. The third-order valence-electron chi connectivity index (χ3n) is 3.31. The van der Waals surface area contributed by atoms with Gasteiger partial charge in [0.2, 0.25) is 0 Å². The number of rotatable bonds is 2. The first kappa shape index (κ1) is 13.2. The number of nitrogens with one attached hydrogen (secondary N) is 1. The zero-order valence-corrected chi connectivity index (χ0v) is 11.1.